The summed E-state index contributed by atoms with van der Waals surface area (Å²) in [5.41, 5.74) is 4.21. The third kappa shape index (κ3) is 3.95. The van der Waals surface area contributed by atoms with Crippen LogP contribution in [0.2, 0.25) is 0 Å². The quantitative estimate of drug-likeness (QED) is 0.572. The number of ether oxygens (including phenoxy) is 1. The van der Waals surface area contributed by atoms with E-state index >= 15 is 0 Å². The molecule has 3 aromatic rings. The van der Waals surface area contributed by atoms with Crippen LogP contribution in [0.3, 0.4) is 0 Å². The van der Waals surface area contributed by atoms with E-state index in [-0.39, 0.29) is 5.56 Å². The van der Waals surface area contributed by atoms with Gasteiger partial charge in [0.15, 0.2) is 0 Å². The fourth-order valence-corrected chi connectivity index (χ4v) is 2.65. The normalized spacial score (nSPS) is 10.9. The number of fused-ring (bicyclic) bond motifs is 1. The molecule has 2 aromatic carbocycles. The van der Waals surface area contributed by atoms with Gasteiger partial charge in [0.25, 0.3) is 11.5 Å². The van der Waals surface area contributed by atoms with Crippen molar-refractivity contribution in [3.8, 4) is 0 Å². The first-order chi connectivity index (χ1) is 13.0. The van der Waals surface area contributed by atoms with Crippen molar-refractivity contribution in [3.63, 3.8) is 0 Å². The van der Waals surface area contributed by atoms with Crippen LogP contribution in [0.25, 0.3) is 16.8 Å². The third-order valence-electron chi connectivity index (χ3n) is 4.07. The van der Waals surface area contributed by atoms with Crippen molar-refractivity contribution < 1.29 is 14.3 Å². The molecule has 0 saturated carbocycles. The van der Waals surface area contributed by atoms with Crippen LogP contribution < -0.4 is 11.0 Å². The van der Waals surface area contributed by atoms with E-state index in [1.807, 2.05) is 31.2 Å². The Hall–Kier alpha value is -3.67. The van der Waals surface area contributed by atoms with Crippen LogP contribution in [0.15, 0.2) is 65.6 Å². The number of carbonyl (C=O) groups is 2. The molecule has 0 spiro atoms. The molecule has 0 radical (unpaired) electrons. The lowest BCUT2D eigenvalue weighted by Crippen LogP contribution is -2.33. The minimum atomic E-state index is -0.593. The molecule has 0 fully saturated rings. The van der Waals surface area contributed by atoms with Crippen LogP contribution in [0, 0.1) is 6.92 Å². The maximum Gasteiger partial charge on any atom is 0.340 e. The average Bonchev–Trinajstić information content (AvgIpc) is 2.69. The van der Waals surface area contributed by atoms with Gasteiger partial charge in [-0.2, -0.15) is 0 Å². The van der Waals surface area contributed by atoms with Gasteiger partial charge in [0.2, 0.25) is 0 Å². The number of carbonyl (C=O) groups excluding carboxylic acids is 2. The summed E-state index contributed by atoms with van der Waals surface area (Å²) in [7, 11) is 1.26. The summed E-state index contributed by atoms with van der Waals surface area (Å²) in [6.45, 7) is 1.98. The fraction of sp³-hybridized carbons (Fsp3) is 0.0952. The summed E-state index contributed by atoms with van der Waals surface area (Å²) in [5, 5.41) is 0.776. The molecule has 1 heterocycles. The lowest BCUT2D eigenvalue weighted by atomic mass is 10.1. The van der Waals surface area contributed by atoms with Crippen LogP contribution in [0.1, 0.15) is 21.5 Å². The van der Waals surface area contributed by atoms with E-state index in [9.17, 15) is 14.4 Å². The molecule has 1 aromatic heterocycles. The third-order valence-corrected chi connectivity index (χ3v) is 4.07. The second-order valence-electron chi connectivity index (χ2n) is 5.98. The monoisotopic (exact) mass is 362 g/mol. The summed E-state index contributed by atoms with van der Waals surface area (Å²) in [6.07, 6.45) is 4.24. The molecule has 0 aliphatic heterocycles. The number of hydrogen-bond donors (Lipinski definition) is 1. The first-order valence-electron chi connectivity index (χ1n) is 8.28. The van der Waals surface area contributed by atoms with E-state index in [4.69, 9.17) is 4.74 Å². The van der Waals surface area contributed by atoms with Crippen molar-refractivity contribution in [2.45, 2.75) is 6.92 Å². The molecule has 136 valence electrons. The molecule has 0 atom stereocenters. The second kappa shape index (κ2) is 7.70. The topological polar surface area (TPSA) is 77.4 Å². The highest BCUT2D eigenvalue weighted by Gasteiger charge is 2.15. The van der Waals surface area contributed by atoms with Crippen molar-refractivity contribution in [1.29, 1.82) is 0 Å². The summed E-state index contributed by atoms with van der Waals surface area (Å²) in [6, 6.07) is 14.3. The molecule has 0 aliphatic rings. The first kappa shape index (κ1) is 18.1. The zero-order chi connectivity index (χ0) is 19.4. The summed E-state index contributed by atoms with van der Waals surface area (Å²) >= 11 is 0. The Morgan fingerprint density at radius 1 is 1.04 bits per heavy atom. The highest BCUT2D eigenvalue weighted by Crippen LogP contribution is 2.16. The van der Waals surface area contributed by atoms with Gasteiger partial charge in [-0.05, 0) is 24.6 Å². The molecule has 1 N–H and O–H groups in total. The number of benzene rings is 2. The SMILES string of the molecule is COC(=O)c1cn(NC(=O)/C=C/c2ccc(C)cc2)c(=O)c2ccccc12. The molecule has 0 aliphatic carbocycles. The van der Waals surface area contributed by atoms with Gasteiger partial charge >= 0.3 is 5.97 Å². The predicted octanol–water partition coefficient (Wildman–Crippen LogP) is 2.88. The maximum atomic E-state index is 12.6. The molecule has 0 saturated heterocycles. The zero-order valence-electron chi connectivity index (χ0n) is 14.9. The number of methoxy groups -OCH3 is 1. The number of aryl methyl sites for hydroxylation is 1. The molecular weight excluding hydrogens is 344 g/mol. The highest BCUT2D eigenvalue weighted by molar-refractivity contribution is 6.04. The number of aromatic nitrogens is 1. The van der Waals surface area contributed by atoms with Crippen LogP contribution in [0.4, 0.5) is 0 Å². The van der Waals surface area contributed by atoms with E-state index in [0.717, 1.165) is 15.8 Å². The van der Waals surface area contributed by atoms with Crippen molar-refractivity contribution >= 4 is 28.7 Å². The molecule has 0 unspecified atom stereocenters. The largest absolute Gasteiger partial charge is 0.465 e. The average molecular weight is 362 g/mol. The van der Waals surface area contributed by atoms with Gasteiger partial charge in [-0.3, -0.25) is 15.0 Å². The molecule has 27 heavy (non-hydrogen) atoms. The van der Waals surface area contributed by atoms with Gasteiger partial charge in [0.05, 0.1) is 12.7 Å². The number of hydrogen-bond acceptors (Lipinski definition) is 4. The Balaban J connectivity index is 1.93. The standard InChI is InChI=1S/C21H18N2O4/c1-14-7-9-15(10-8-14)11-12-19(24)22-23-13-18(21(26)27-2)16-5-3-4-6-17(16)20(23)25/h3-13H,1-2H3,(H,22,24)/b12-11+. The Morgan fingerprint density at radius 2 is 1.70 bits per heavy atom. The predicted molar refractivity (Wildman–Crippen MR) is 104 cm³/mol. The Labute approximate surface area is 155 Å². The zero-order valence-corrected chi connectivity index (χ0v) is 14.9. The van der Waals surface area contributed by atoms with Crippen molar-refractivity contribution in [3.05, 3.63) is 87.8 Å². The van der Waals surface area contributed by atoms with Crippen molar-refractivity contribution in [2.24, 2.45) is 0 Å². The smallest absolute Gasteiger partial charge is 0.340 e. The van der Waals surface area contributed by atoms with E-state index < -0.39 is 17.4 Å². The lowest BCUT2D eigenvalue weighted by molar-refractivity contribution is -0.112. The molecule has 6 nitrogen and oxygen atoms in total. The van der Waals surface area contributed by atoms with Crippen LogP contribution >= 0.6 is 0 Å². The number of nitrogens with one attached hydrogen (secondary N) is 1. The number of nitrogens with zero attached hydrogens (tertiary/aromatic N) is 1. The highest BCUT2D eigenvalue weighted by atomic mass is 16.5. The lowest BCUT2D eigenvalue weighted by Gasteiger charge is -2.11. The van der Waals surface area contributed by atoms with Gasteiger partial charge in [-0.25, -0.2) is 9.47 Å². The summed E-state index contributed by atoms with van der Waals surface area (Å²) in [4.78, 5) is 36.9. The van der Waals surface area contributed by atoms with Crippen LogP contribution in [0.5, 0.6) is 0 Å². The Morgan fingerprint density at radius 3 is 2.37 bits per heavy atom. The number of pyridine rings is 1. The second-order valence-corrected chi connectivity index (χ2v) is 5.98. The van der Waals surface area contributed by atoms with Gasteiger partial charge in [0, 0.05) is 23.0 Å². The van der Waals surface area contributed by atoms with Gasteiger partial charge < -0.3 is 4.74 Å². The Bertz CT molecular complexity index is 1100. The summed E-state index contributed by atoms with van der Waals surface area (Å²) in [5.74, 6) is -1.09. The molecule has 0 bridgehead atoms. The van der Waals surface area contributed by atoms with Gasteiger partial charge in [0.1, 0.15) is 0 Å². The number of esters is 1. The van der Waals surface area contributed by atoms with E-state index in [2.05, 4.69) is 5.43 Å². The maximum absolute atomic E-state index is 12.6. The number of rotatable bonds is 4. The molecule has 6 heteroatoms. The van der Waals surface area contributed by atoms with Gasteiger partial charge in [-0.1, -0.05) is 48.0 Å². The van der Waals surface area contributed by atoms with E-state index in [0.29, 0.717) is 10.8 Å². The number of amides is 1. The van der Waals surface area contributed by atoms with Crippen LogP contribution in [-0.4, -0.2) is 23.7 Å². The van der Waals surface area contributed by atoms with Gasteiger partial charge in [-0.15, -0.1) is 0 Å². The minimum absolute atomic E-state index is 0.190. The summed E-state index contributed by atoms with van der Waals surface area (Å²) < 4.78 is 5.77. The van der Waals surface area contributed by atoms with Crippen LogP contribution in [-0.2, 0) is 9.53 Å². The van der Waals surface area contributed by atoms with Crippen molar-refractivity contribution in [2.75, 3.05) is 12.5 Å². The molecular formula is C21H18N2O4. The minimum Gasteiger partial charge on any atom is -0.465 e. The Kier molecular flexibility index (Phi) is 5.17. The fourth-order valence-electron chi connectivity index (χ4n) is 2.65. The van der Waals surface area contributed by atoms with E-state index in [1.54, 1.807) is 30.3 Å². The molecule has 3 rings (SSSR count). The first-order valence-corrected chi connectivity index (χ1v) is 8.28. The van der Waals surface area contributed by atoms with E-state index in [1.165, 1.54) is 19.4 Å². The van der Waals surface area contributed by atoms with Crippen molar-refractivity contribution in [1.82, 2.24) is 4.68 Å². The molecule has 1 amide bonds.